The largest absolute Gasteiger partial charge is 0.296 e. The molecule has 0 fully saturated rings. The summed E-state index contributed by atoms with van der Waals surface area (Å²) in [7, 11) is 0. The molecule has 0 N–H and O–H groups in total. The summed E-state index contributed by atoms with van der Waals surface area (Å²) < 4.78 is 1.96. The van der Waals surface area contributed by atoms with E-state index in [1.165, 1.54) is 11.1 Å². The standard InChI is InChI=1S/C20H16N2OS/c1-13-8-9-16(10-14(13)2)19-17(11-23)22-18(12-24-20(22)21-19)15-6-4-3-5-7-15/h3-12H,1-2H3. The minimum absolute atomic E-state index is 0.605. The van der Waals surface area contributed by atoms with Crippen molar-refractivity contribution in [3.63, 3.8) is 0 Å². The van der Waals surface area contributed by atoms with Gasteiger partial charge in [-0.3, -0.25) is 9.20 Å². The first-order valence-corrected chi connectivity index (χ1v) is 8.65. The Morgan fingerprint density at radius 1 is 1.00 bits per heavy atom. The fourth-order valence-corrected chi connectivity index (χ4v) is 3.81. The lowest BCUT2D eigenvalue weighted by Gasteiger charge is -2.05. The second kappa shape index (κ2) is 5.73. The fourth-order valence-electron chi connectivity index (χ4n) is 2.90. The van der Waals surface area contributed by atoms with Gasteiger partial charge < -0.3 is 0 Å². The van der Waals surface area contributed by atoms with Crippen molar-refractivity contribution < 1.29 is 4.79 Å². The van der Waals surface area contributed by atoms with Crippen LogP contribution in [0.15, 0.2) is 53.9 Å². The number of imidazole rings is 1. The molecule has 0 aliphatic rings. The Hall–Kier alpha value is -2.72. The molecule has 0 atom stereocenters. The number of benzene rings is 2. The first kappa shape index (κ1) is 14.8. The van der Waals surface area contributed by atoms with E-state index in [0.717, 1.165) is 33.8 Å². The van der Waals surface area contributed by atoms with Crippen molar-refractivity contribution in [1.29, 1.82) is 0 Å². The van der Waals surface area contributed by atoms with Gasteiger partial charge in [-0.1, -0.05) is 42.5 Å². The zero-order chi connectivity index (χ0) is 16.7. The van der Waals surface area contributed by atoms with Crippen LogP contribution in [-0.2, 0) is 0 Å². The third-order valence-electron chi connectivity index (χ3n) is 4.36. The zero-order valence-corrected chi connectivity index (χ0v) is 14.3. The Morgan fingerprint density at radius 2 is 1.79 bits per heavy atom. The predicted molar refractivity (Wildman–Crippen MR) is 98.8 cm³/mol. The lowest BCUT2D eigenvalue weighted by Crippen LogP contribution is -1.94. The van der Waals surface area contributed by atoms with Gasteiger partial charge in [0.1, 0.15) is 11.4 Å². The van der Waals surface area contributed by atoms with Crippen molar-refractivity contribution in [2.45, 2.75) is 13.8 Å². The van der Waals surface area contributed by atoms with Gasteiger partial charge in [0.05, 0.1) is 5.69 Å². The minimum atomic E-state index is 0.605. The molecular weight excluding hydrogens is 316 g/mol. The highest BCUT2D eigenvalue weighted by atomic mass is 32.1. The van der Waals surface area contributed by atoms with Crippen molar-refractivity contribution in [3.05, 3.63) is 70.7 Å². The lowest BCUT2D eigenvalue weighted by atomic mass is 10.0. The first-order chi connectivity index (χ1) is 11.7. The molecule has 2 aromatic carbocycles. The highest BCUT2D eigenvalue weighted by Crippen LogP contribution is 2.32. The molecule has 118 valence electrons. The van der Waals surface area contributed by atoms with E-state index in [4.69, 9.17) is 4.98 Å². The quantitative estimate of drug-likeness (QED) is 0.486. The molecular formula is C20H16N2OS. The van der Waals surface area contributed by atoms with E-state index in [9.17, 15) is 4.79 Å². The number of rotatable bonds is 3. The van der Waals surface area contributed by atoms with Gasteiger partial charge in [-0.15, -0.1) is 11.3 Å². The number of nitrogens with zero attached hydrogens (tertiary/aromatic N) is 2. The smallest absolute Gasteiger partial charge is 0.195 e. The van der Waals surface area contributed by atoms with Crippen LogP contribution in [0, 0.1) is 13.8 Å². The summed E-state index contributed by atoms with van der Waals surface area (Å²) in [6, 6.07) is 16.3. The zero-order valence-electron chi connectivity index (χ0n) is 13.5. The van der Waals surface area contributed by atoms with Crippen LogP contribution in [-0.4, -0.2) is 15.7 Å². The van der Waals surface area contributed by atoms with Gasteiger partial charge >= 0.3 is 0 Å². The first-order valence-electron chi connectivity index (χ1n) is 7.77. The number of hydrogen-bond acceptors (Lipinski definition) is 3. The SMILES string of the molecule is Cc1ccc(-c2nc3scc(-c4ccccc4)n3c2C=O)cc1C. The van der Waals surface area contributed by atoms with Crippen LogP contribution in [0.25, 0.3) is 27.5 Å². The molecule has 0 saturated heterocycles. The Bertz CT molecular complexity index is 1040. The van der Waals surface area contributed by atoms with Crippen LogP contribution in [0.4, 0.5) is 0 Å². The third kappa shape index (κ3) is 2.27. The molecule has 0 bridgehead atoms. The van der Waals surface area contributed by atoms with Crippen LogP contribution >= 0.6 is 11.3 Å². The van der Waals surface area contributed by atoms with E-state index >= 15 is 0 Å². The minimum Gasteiger partial charge on any atom is -0.296 e. The number of carbonyl (C=O) groups excluding carboxylic acids is 1. The van der Waals surface area contributed by atoms with Crippen LogP contribution in [0.3, 0.4) is 0 Å². The monoisotopic (exact) mass is 332 g/mol. The number of aromatic nitrogens is 2. The van der Waals surface area contributed by atoms with Crippen molar-refractivity contribution in [2.24, 2.45) is 0 Å². The molecule has 2 heterocycles. The van der Waals surface area contributed by atoms with Gasteiger partial charge in [0.25, 0.3) is 0 Å². The van der Waals surface area contributed by atoms with Gasteiger partial charge in [0.15, 0.2) is 11.2 Å². The Morgan fingerprint density at radius 3 is 2.50 bits per heavy atom. The van der Waals surface area contributed by atoms with Gasteiger partial charge in [0.2, 0.25) is 0 Å². The molecule has 4 rings (SSSR count). The molecule has 0 saturated carbocycles. The van der Waals surface area contributed by atoms with Crippen LogP contribution in [0.2, 0.25) is 0 Å². The summed E-state index contributed by atoms with van der Waals surface area (Å²) in [5.74, 6) is 0. The molecule has 2 aromatic heterocycles. The molecule has 4 aromatic rings. The molecule has 3 nitrogen and oxygen atoms in total. The number of fused-ring (bicyclic) bond motifs is 1. The number of aldehydes is 1. The van der Waals surface area contributed by atoms with Gasteiger partial charge in [0, 0.05) is 10.9 Å². The third-order valence-corrected chi connectivity index (χ3v) is 5.19. The predicted octanol–water partition coefficient (Wildman–Crippen LogP) is 5.16. The van der Waals surface area contributed by atoms with Gasteiger partial charge in [-0.05, 0) is 36.6 Å². The van der Waals surface area contributed by atoms with Crippen molar-refractivity contribution in [1.82, 2.24) is 9.38 Å². The summed E-state index contributed by atoms with van der Waals surface area (Å²) in [6.45, 7) is 4.16. The van der Waals surface area contributed by atoms with E-state index in [1.807, 2.05) is 40.8 Å². The number of aryl methyl sites for hydroxylation is 2. The van der Waals surface area contributed by atoms with Crippen LogP contribution < -0.4 is 0 Å². The molecule has 24 heavy (non-hydrogen) atoms. The van der Waals surface area contributed by atoms with Crippen LogP contribution in [0.5, 0.6) is 0 Å². The molecule has 0 spiro atoms. The second-order valence-electron chi connectivity index (χ2n) is 5.87. The molecule has 0 amide bonds. The molecule has 0 unspecified atom stereocenters. The molecule has 0 aliphatic carbocycles. The van der Waals surface area contributed by atoms with E-state index in [1.54, 1.807) is 11.3 Å². The van der Waals surface area contributed by atoms with Crippen molar-refractivity contribution in [3.8, 4) is 22.5 Å². The summed E-state index contributed by atoms with van der Waals surface area (Å²) >= 11 is 1.55. The Kier molecular flexibility index (Phi) is 3.54. The lowest BCUT2D eigenvalue weighted by molar-refractivity contribution is 0.111. The summed E-state index contributed by atoms with van der Waals surface area (Å²) in [5.41, 5.74) is 6.85. The maximum Gasteiger partial charge on any atom is 0.195 e. The van der Waals surface area contributed by atoms with E-state index in [-0.39, 0.29) is 0 Å². The molecule has 0 aliphatic heterocycles. The Balaban J connectivity index is 1.97. The van der Waals surface area contributed by atoms with E-state index < -0.39 is 0 Å². The van der Waals surface area contributed by atoms with Crippen molar-refractivity contribution >= 4 is 22.6 Å². The summed E-state index contributed by atoms with van der Waals surface area (Å²) in [4.78, 5) is 17.4. The number of carbonyl (C=O) groups is 1. The summed E-state index contributed by atoms with van der Waals surface area (Å²) in [6.07, 6.45) is 0.906. The molecule has 4 heteroatoms. The maximum absolute atomic E-state index is 11.9. The molecule has 0 radical (unpaired) electrons. The normalized spacial score (nSPS) is 11.1. The summed E-state index contributed by atoms with van der Waals surface area (Å²) in [5, 5.41) is 2.05. The van der Waals surface area contributed by atoms with E-state index in [0.29, 0.717) is 5.69 Å². The highest BCUT2D eigenvalue weighted by Gasteiger charge is 2.18. The fraction of sp³-hybridized carbons (Fsp3) is 0.100. The Labute approximate surface area is 144 Å². The van der Waals surface area contributed by atoms with Gasteiger partial charge in [-0.2, -0.15) is 0 Å². The number of hydrogen-bond donors (Lipinski definition) is 0. The highest BCUT2D eigenvalue weighted by molar-refractivity contribution is 7.15. The van der Waals surface area contributed by atoms with Crippen molar-refractivity contribution in [2.75, 3.05) is 0 Å². The van der Waals surface area contributed by atoms with Crippen LogP contribution in [0.1, 0.15) is 21.6 Å². The van der Waals surface area contributed by atoms with E-state index in [2.05, 4.69) is 31.4 Å². The van der Waals surface area contributed by atoms with Gasteiger partial charge in [-0.25, -0.2) is 4.98 Å². The topological polar surface area (TPSA) is 34.4 Å². The average Bonchev–Trinajstić information content (AvgIpc) is 3.17. The second-order valence-corrected chi connectivity index (χ2v) is 6.70. The average molecular weight is 332 g/mol. The number of thiazole rings is 1. The maximum atomic E-state index is 11.9.